The Morgan fingerprint density at radius 3 is 2.81 bits per heavy atom. The highest BCUT2D eigenvalue weighted by molar-refractivity contribution is 5.74. The van der Waals surface area contributed by atoms with Gasteiger partial charge in [-0.15, -0.1) is 0 Å². The molecule has 1 saturated heterocycles. The number of nitrogens with one attached hydrogen (secondary N) is 2. The molecule has 2 aliphatic rings. The number of hydrogen-bond donors (Lipinski definition) is 2. The maximum absolute atomic E-state index is 12.3. The van der Waals surface area contributed by atoms with Gasteiger partial charge in [-0.2, -0.15) is 0 Å². The highest BCUT2D eigenvalue weighted by atomic mass is 16.6. The van der Waals surface area contributed by atoms with E-state index in [4.69, 9.17) is 14.2 Å². The highest BCUT2D eigenvalue weighted by Gasteiger charge is 2.31. The molecule has 0 saturated carbocycles. The molecule has 2 aliphatic heterocycles. The summed E-state index contributed by atoms with van der Waals surface area (Å²) in [6.45, 7) is 1.63. The molecular formula is C20H23N3O4. The van der Waals surface area contributed by atoms with Crippen LogP contribution >= 0.6 is 0 Å². The molecule has 0 radical (unpaired) electrons. The minimum Gasteiger partial charge on any atom is -0.486 e. The molecule has 2 amide bonds. The lowest BCUT2D eigenvalue weighted by molar-refractivity contribution is 0.0850. The maximum Gasteiger partial charge on any atom is 0.315 e. The van der Waals surface area contributed by atoms with Gasteiger partial charge in [0.1, 0.15) is 18.8 Å². The molecule has 1 unspecified atom stereocenters. The van der Waals surface area contributed by atoms with Crippen LogP contribution in [-0.4, -0.2) is 42.9 Å². The Balaban J connectivity index is 1.22. The summed E-state index contributed by atoms with van der Waals surface area (Å²) in [6.07, 6.45) is 4.73. The van der Waals surface area contributed by atoms with Crippen molar-refractivity contribution in [2.75, 3.05) is 19.8 Å². The van der Waals surface area contributed by atoms with Gasteiger partial charge < -0.3 is 24.8 Å². The van der Waals surface area contributed by atoms with Crippen LogP contribution in [-0.2, 0) is 4.74 Å². The van der Waals surface area contributed by atoms with E-state index < -0.39 is 0 Å². The smallest absolute Gasteiger partial charge is 0.315 e. The summed E-state index contributed by atoms with van der Waals surface area (Å²) in [4.78, 5) is 16.3. The van der Waals surface area contributed by atoms with Crippen molar-refractivity contribution < 1.29 is 19.0 Å². The van der Waals surface area contributed by atoms with E-state index in [1.54, 1.807) is 12.4 Å². The fourth-order valence-corrected chi connectivity index (χ4v) is 3.39. The average molecular weight is 369 g/mol. The fourth-order valence-electron chi connectivity index (χ4n) is 3.39. The Morgan fingerprint density at radius 1 is 1.15 bits per heavy atom. The quantitative estimate of drug-likeness (QED) is 0.846. The molecular weight excluding hydrogens is 346 g/mol. The molecule has 4 rings (SSSR count). The second-order valence-electron chi connectivity index (χ2n) is 6.65. The van der Waals surface area contributed by atoms with Crippen molar-refractivity contribution in [1.29, 1.82) is 0 Å². The molecule has 0 aliphatic carbocycles. The third-order valence-electron chi connectivity index (χ3n) is 4.76. The molecule has 7 nitrogen and oxygen atoms in total. The first-order chi connectivity index (χ1) is 13.3. The highest BCUT2D eigenvalue weighted by Crippen LogP contribution is 2.31. The van der Waals surface area contributed by atoms with Crippen LogP contribution in [0.5, 0.6) is 11.5 Å². The largest absolute Gasteiger partial charge is 0.486 e. The van der Waals surface area contributed by atoms with Crippen LogP contribution in [0.3, 0.4) is 0 Å². The van der Waals surface area contributed by atoms with Crippen molar-refractivity contribution in [3.63, 3.8) is 0 Å². The maximum atomic E-state index is 12.3. The Kier molecular flexibility index (Phi) is 5.39. The lowest BCUT2D eigenvalue weighted by Gasteiger charge is -2.26. The van der Waals surface area contributed by atoms with Crippen molar-refractivity contribution in [2.24, 2.45) is 0 Å². The molecule has 1 aromatic heterocycles. The summed E-state index contributed by atoms with van der Waals surface area (Å²) < 4.78 is 17.4. The van der Waals surface area contributed by atoms with E-state index in [1.165, 1.54) is 0 Å². The van der Waals surface area contributed by atoms with Crippen LogP contribution in [0.2, 0.25) is 0 Å². The summed E-state index contributed by atoms with van der Waals surface area (Å²) in [5.41, 5.74) is 1.03. The summed E-state index contributed by atoms with van der Waals surface area (Å²) in [5, 5.41) is 5.91. The number of pyridine rings is 1. The van der Waals surface area contributed by atoms with E-state index in [9.17, 15) is 4.79 Å². The van der Waals surface area contributed by atoms with Gasteiger partial charge in [-0.1, -0.05) is 12.1 Å². The third-order valence-corrected chi connectivity index (χ3v) is 4.76. The van der Waals surface area contributed by atoms with E-state index in [1.807, 2.05) is 36.4 Å². The lowest BCUT2D eigenvalue weighted by atomic mass is 10.0. The molecule has 142 valence electrons. The van der Waals surface area contributed by atoms with Gasteiger partial charge in [0, 0.05) is 32.0 Å². The molecule has 2 N–H and O–H groups in total. The first-order valence-corrected chi connectivity index (χ1v) is 9.24. The van der Waals surface area contributed by atoms with Crippen LogP contribution in [0.1, 0.15) is 24.5 Å². The third kappa shape index (κ3) is 4.31. The second kappa shape index (κ2) is 8.26. The number of rotatable bonds is 5. The van der Waals surface area contributed by atoms with Crippen molar-refractivity contribution in [2.45, 2.75) is 31.1 Å². The predicted molar refractivity (Wildman–Crippen MR) is 98.8 cm³/mol. The molecule has 1 aromatic carbocycles. The molecule has 0 spiro atoms. The number of carbonyl (C=O) groups excluding carboxylic acids is 1. The number of aromatic nitrogens is 1. The SMILES string of the molecule is O=C(NCCC1COc2ccccc2O1)N[C@@H]1CCO[C@H]1c1ccncc1. The van der Waals surface area contributed by atoms with Gasteiger partial charge >= 0.3 is 6.03 Å². The number of para-hydroxylation sites is 2. The number of hydrogen-bond acceptors (Lipinski definition) is 5. The Bertz CT molecular complexity index is 771. The van der Waals surface area contributed by atoms with Crippen LogP contribution in [0.4, 0.5) is 4.79 Å². The topological polar surface area (TPSA) is 81.7 Å². The number of urea groups is 1. The zero-order valence-electron chi connectivity index (χ0n) is 15.0. The summed E-state index contributed by atoms with van der Waals surface area (Å²) in [5.74, 6) is 1.52. The zero-order valence-corrected chi connectivity index (χ0v) is 15.0. The zero-order chi connectivity index (χ0) is 18.5. The molecule has 3 heterocycles. The van der Waals surface area contributed by atoms with E-state index in [-0.39, 0.29) is 24.3 Å². The van der Waals surface area contributed by atoms with Crippen LogP contribution in [0.15, 0.2) is 48.8 Å². The van der Waals surface area contributed by atoms with Gasteiger partial charge in [0.05, 0.1) is 6.04 Å². The van der Waals surface area contributed by atoms with Crippen molar-refractivity contribution in [3.8, 4) is 11.5 Å². The standard InChI is InChI=1S/C20H23N3O4/c24-20(23-16-8-12-25-19(16)14-5-9-21-10-6-14)22-11-7-15-13-26-17-3-1-2-4-18(17)27-15/h1-6,9-10,15-16,19H,7-8,11-13H2,(H2,22,23,24)/t15?,16-,19+/m1/s1. The predicted octanol–water partition coefficient (Wildman–Crippen LogP) is 2.44. The Labute approximate surface area is 158 Å². The van der Waals surface area contributed by atoms with Gasteiger partial charge in [0.25, 0.3) is 0 Å². The minimum atomic E-state index is -0.193. The average Bonchev–Trinajstić information content (AvgIpc) is 3.16. The van der Waals surface area contributed by atoms with Gasteiger partial charge in [-0.3, -0.25) is 4.98 Å². The second-order valence-corrected chi connectivity index (χ2v) is 6.65. The van der Waals surface area contributed by atoms with E-state index >= 15 is 0 Å². The van der Waals surface area contributed by atoms with Crippen molar-refractivity contribution in [3.05, 3.63) is 54.4 Å². The molecule has 7 heteroatoms. The van der Waals surface area contributed by atoms with Gasteiger partial charge in [0.2, 0.25) is 0 Å². The fraction of sp³-hybridized carbons (Fsp3) is 0.400. The number of ether oxygens (including phenoxy) is 3. The van der Waals surface area contributed by atoms with Gasteiger partial charge in [-0.25, -0.2) is 4.79 Å². The minimum absolute atomic E-state index is 0.0476. The van der Waals surface area contributed by atoms with Crippen LogP contribution in [0.25, 0.3) is 0 Å². The molecule has 1 fully saturated rings. The molecule has 27 heavy (non-hydrogen) atoms. The van der Waals surface area contributed by atoms with Crippen molar-refractivity contribution >= 4 is 6.03 Å². The summed E-state index contributed by atoms with van der Waals surface area (Å²) in [7, 11) is 0. The Morgan fingerprint density at radius 2 is 1.96 bits per heavy atom. The van der Waals surface area contributed by atoms with Crippen LogP contribution < -0.4 is 20.1 Å². The molecule has 2 aromatic rings. The lowest BCUT2D eigenvalue weighted by Crippen LogP contribution is -2.44. The number of amides is 2. The van der Waals surface area contributed by atoms with Crippen LogP contribution in [0, 0.1) is 0 Å². The van der Waals surface area contributed by atoms with Gasteiger partial charge in [0.15, 0.2) is 11.5 Å². The first kappa shape index (κ1) is 17.6. The monoisotopic (exact) mass is 369 g/mol. The molecule has 0 bridgehead atoms. The summed E-state index contributed by atoms with van der Waals surface area (Å²) in [6, 6.07) is 11.2. The number of nitrogens with zero attached hydrogens (tertiary/aromatic N) is 1. The Hall–Kier alpha value is -2.80. The van der Waals surface area contributed by atoms with Gasteiger partial charge in [-0.05, 0) is 36.2 Å². The molecule has 3 atom stereocenters. The van der Waals surface area contributed by atoms with Crippen molar-refractivity contribution in [1.82, 2.24) is 15.6 Å². The normalized spacial score (nSPS) is 23.6. The number of carbonyl (C=O) groups is 1. The summed E-state index contributed by atoms with van der Waals surface area (Å²) >= 11 is 0. The first-order valence-electron chi connectivity index (χ1n) is 9.24. The number of benzene rings is 1. The van der Waals surface area contributed by atoms with E-state index in [0.717, 1.165) is 23.5 Å². The number of fused-ring (bicyclic) bond motifs is 1. The van der Waals surface area contributed by atoms with E-state index in [0.29, 0.717) is 26.2 Å². The van der Waals surface area contributed by atoms with E-state index in [2.05, 4.69) is 15.6 Å².